The Labute approximate surface area is 203 Å². The van der Waals surface area contributed by atoms with Crippen molar-refractivity contribution in [1.29, 1.82) is 0 Å². The van der Waals surface area contributed by atoms with Crippen LogP contribution < -0.4 is 20.1 Å². The van der Waals surface area contributed by atoms with Gasteiger partial charge in [-0.25, -0.2) is 4.68 Å². The Hall–Kier alpha value is -4.33. The van der Waals surface area contributed by atoms with Gasteiger partial charge in [-0.15, -0.1) is 5.10 Å². The molecule has 4 aromatic rings. The number of nitrogens with zero attached hydrogens (tertiary/aromatic N) is 3. The van der Waals surface area contributed by atoms with Gasteiger partial charge in [-0.3, -0.25) is 10.1 Å². The second-order valence-electron chi connectivity index (χ2n) is 8.41. The predicted octanol–water partition coefficient (Wildman–Crippen LogP) is 4.62. The molecular weight excluding hydrogens is 442 g/mol. The molecule has 0 radical (unpaired) electrons. The third-order valence-corrected chi connectivity index (χ3v) is 6.17. The first-order valence-electron chi connectivity index (χ1n) is 11.5. The number of rotatable bonds is 7. The van der Waals surface area contributed by atoms with E-state index in [9.17, 15) is 4.79 Å². The Morgan fingerprint density at radius 3 is 2.26 bits per heavy atom. The van der Waals surface area contributed by atoms with Crippen LogP contribution >= 0.6 is 0 Å². The lowest BCUT2D eigenvalue weighted by molar-refractivity contribution is -0.115. The van der Waals surface area contributed by atoms with Crippen molar-refractivity contribution in [3.05, 3.63) is 95.6 Å². The average molecular weight is 470 g/mol. The Bertz CT molecular complexity index is 1290. The van der Waals surface area contributed by atoms with Gasteiger partial charge in [0, 0.05) is 0 Å². The summed E-state index contributed by atoms with van der Waals surface area (Å²) in [7, 11) is 3.27. The molecule has 2 N–H and O–H groups in total. The van der Waals surface area contributed by atoms with E-state index in [1.54, 1.807) is 14.2 Å². The summed E-state index contributed by atoms with van der Waals surface area (Å²) < 4.78 is 12.3. The first kappa shape index (κ1) is 22.5. The van der Waals surface area contributed by atoms with E-state index >= 15 is 0 Å². The molecule has 1 aliphatic rings. The van der Waals surface area contributed by atoms with Crippen LogP contribution in [0.15, 0.2) is 78.9 Å². The van der Waals surface area contributed by atoms with Gasteiger partial charge >= 0.3 is 0 Å². The minimum Gasteiger partial charge on any atom is -0.497 e. The molecule has 8 heteroatoms. The number of anilines is 2. The van der Waals surface area contributed by atoms with Gasteiger partial charge in [-0.1, -0.05) is 54.6 Å². The van der Waals surface area contributed by atoms with E-state index in [4.69, 9.17) is 9.47 Å². The molecule has 1 aliphatic heterocycles. The molecule has 0 bridgehead atoms. The lowest BCUT2D eigenvalue weighted by atomic mass is 9.93. The van der Waals surface area contributed by atoms with Gasteiger partial charge in [-0.05, 0) is 47.4 Å². The van der Waals surface area contributed by atoms with Gasteiger partial charge in [0.2, 0.25) is 11.9 Å². The van der Waals surface area contributed by atoms with Gasteiger partial charge in [0.1, 0.15) is 11.5 Å². The summed E-state index contributed by atoms with van der Waals surface area (Å²) in [4.78, 5) is 17.3. The highest BCUT2D eigenvalue weighted by atomic mass is 16.5. The molecule has 3 aromatic carbocycles. The summed E-state index contributed by atoms with van der Waals surface area (Å²) in [5.41, 5.74) is 3.15. The van der Waals surface area contributed by atoms with Crippen LogP contribution in [0.1, 0.15) is 35.2 Å². The third kappa shape index (κ3) is 4.96. The summed E-state index contributed by atoms with van der Waals surface area (Å²) in [6.07, 6.45) is 1.00. The van der Waals surface area contributed by atoms with Gasteiger partial charge in [-0.2, -0.15) is 4.98 Å². The maximum Gasteiger partial charge on any atom is 0.250 e. The topological polar surface area (TPSA) is 90.3 Å². The van der Waals surface area contributed by atoms with Crippen LogP contribution in [0.4, 0.5) is 11.9 Å². The number of methoxy groups -OCH3 is 2. The van der Waals surface area contributed by atoms with E-state index in [0.717, 1.165) is 34.6 Å². The first-order chi connectivity index (χ1) is 17.1. The molecule has 2 atom stereocenters. The largest absolute Gasteiger partial charge is 0.497 e. The lowest BCUT2D eigenvalue weighted by Crippen LogP contribution is -2.28. The Morgan fingerprint density at radius 1 is 0.943 bits per heavy atom. The van der Waals surface area contributed by atoms with Crippen molar-refractivity contribution in [1.82, 2.24) is 14.8 Å². The molecular formula is C27H27N5O3. The molecule has 0 saturated heterocycles. The molecule has 178 valence electrons. The normalized spacial score (nSPS) is 16.6. The molecule has 5 rings (SSSR count). The highest BCUT2D eigenvalue weighted by Crippen LogP contribution is 2.38. The molecule has 2 heterocycles. The van der Waals surface area contributed by atoms with Crippen LogP contribution in [-0.4, -0.2) is 34.9 Å². The number of nitrogens with one attached hydrogen (secondary N) is 2. The number of hydrogen-bond acceptors (Lipinski definition) is 6. The number of amides is 1. The molecule has 1 amide bonds. The Kier molecular flexibility index (Phi) is 6.34. The zero-order valence-corrected chi connectivity index (χ0v) is 19.6. The van der Waals surface area contributed by atoms with Gasteiger partial charge < -0.3 is 14.8 Å². The van der Waals surface area contributed by atoms with Crippen molar-refractivity contribution < 1.29 is 14.3 Å². The third-order valence-electron chi connectivity index (χ3n) is 6.17. The Morgan fingerprint density at radius 2 is 1.60 bits per heavy atom. The zero-order chi connectivity index (χ0) is 24.2. The first-order valence-corrected chi connectivity index (χ1v) is 11.5. The fraction of sp³-hybridized carbons (Fsp3) is 0.222. The van der Waals surface area contributed by atoms with E-state index in [1.807, 2.05) is 59.3 Å². The van der Waals surface area contributed by atoms with Crippen molar-refractivity contribution in [3.8, 4) is 11.5 Å². The molecule has 35 heavy (non-hydrogen) atoms. The molecule has 0 unspecified atom stereocenters. The molecule has 0 spiro atoms. The smallest absolute Gasteiger partial charge is 0.250 e. The second-order valence-corrected chi connectivity index (χ2v) is 8.41. The second kappa shape index (κ2) is 9.89. The number of fused-ring (bicyclic) bond motifs is 1. The summed E-state index contributed by atoms with van der Waals surface area (Å²) >= 11 is 0. The summed E-state index contributed by atoms with van der Waals surface area (Å²) in [6.45, 7) is 0. The number of carbonyl (C=O) groups excluding carboxylic acids is 1. The molecule has 0 aliphatic carbocycles. The number of aromatic nitrogens is 3. The SMILES string of the molecule is COc1ccc(CC(=O)Nc2nc3n(n2)[C@@H](c2ccccc2)C[C@H](c2ccc(OC)cc2)N3)cc1. The molecule has 0 fully saturated rings. The van der Waals surface area contributed by atoms with Crippen LogP contribution in [0.3, 0.4) is 0 Å². The monoisotopic (exact) mass is 469 g/mol. The fourth-order valence-corrected chi connectivity index (χ4v) is 4.34. The number of hydrogen-bond donors (Lipinski definition) is 2. The van der Waals surface area contributed by atoms with Crippen LogP contribution in [-0.2, 0) is 11.2 Å². The van der Waals surface area contributed by atoms with Crippen molar-refractivity contribution >= 4 is 17.8 Å². The van der Waals surface area contributed by atoms with Gasteiger partial charge in [0.25, 0.3) is 5.95 Å². The minimum absolute atomic E-state index is 0.0284. The van der Waals surface area contributed by atoms with Crippen molar-refractivity contribution in [3.63, 3.8) is 0 Å². The molecule has 8 nitrogen and oxygen atoms in total. The Balaban J connectivity index is 1.38. The molecule has 0 saturated carbocycles. The summed E-state index contributed by atoms with van der Waals surface area (Å²) in [6, 6.07) is 25.7. The van der Waals surface area contributed by atoms with E-state index in [1.165, 1.54) is 0 Å². The number of ether oxygens (including phenoxy) is 2. The maximum atomic E-state index is 12.7. The number of carbonyl (C=O) groups is 1. The van der Waals surface area contributed by atoms with Crippen molar-refractivity contribution in [2.45, 2.75) is 24.9 Å². The number of benzene rings is 3. The van der Waals surface area contributed by atoms with Crippen molar-refractivity contribution in [2.75, 3.05) is 24.9 Å². The van der Waals surface area contributed by atoms with E-state index in [2.05, 4.69) is 45.0 Å². The minimum atomic E-state index is -0.180. The standard InChI is InChI=1S/C27H27N5O3/c1-34-21-12-8-18(9-13-21)16-25(33)29-26-30-27-28-23(19-10-14-22(35-2)15-11-19)17-24(32(27)31-26)20-6-4-3-5-7-20/h3-15,23-24H,16-17H2,1-2H3,(H2,28,29,30,31,33)/t23-,24-/m1/s1. The van der Waals surface area contributed by atoms with E-state index < -0.39 is 0 Å². The average Bonchev–Trinajstić information content (AvgIpc) is 3.31. The quantitative estimate of drug-likeness (QED) is 0.410. The predicted molar refractivity (Wildman–Crippen MR) is 134 cm³/mol. The van der Waals surface area contributed by atoms with Crippen LogP contribution in [0.25, 0.3) is 0 Å². The highest BCUT2D eigenvalue weighted by molar-refractivity contribution is 5.90. The van der Waals surface area contributed by atoms with Crippen LogP contribution in [0, 0.1) is 0 Å². The zero-order valence-electron chi connectivity index (χ0n) is 19.6. The fourth-order valence-electron chi connectivity index (χ4n) is 4.34. The van der Waals surface area contributed by atoms with Crippen LogP contribution in [0.5, 0.6) is 11.5 Å². The lowest BCUT2D eigenvalue weighted by Gasteiger charge is -2.31. The highest BCUT2D eigenvalue weighted by Gasteiger charge is 2.31. The summed E-state index contributed by atoms with van der Waals surface area (Å²) in [5.74, 6) is 2.28. The molecule has 1 aromatic heterocycles. The van der Waals surface area contributed by atoms with E-state index in [-0.39, 0.29) is 30.4 Å². The van der Waals surface area contributed by atoms with Crippen molar-refractivity contribution in [2.24, 2.45) is 0 Å². The van der Waals surface area contributed by atoms with E-state index in [0.29, 0.717) is 5.95 Å². The maximum absolute atomic E-state index is 12.7. The van der Waals surface area contributed by atoms with Gasteiger partial charge in [0.15, 0.2) is 0 Å². The summed E-state index contributed by atoms with van der Waals surface area (Å²) in [5, 5.41) is 11.0. The van der Waals surface area contributed by atoms with Crippen LogP contribution in [0.2, 0.25) is 0 Å². The van der Waals surface area contributed by atoms with Gasteiger partial charge in [0.05, 0.1) is 32.7 Å².